The van der Waals surface area contributed by atoms with Gasteiger partial charge in [0.25, 0.3) is 0 Å². The number of nitrogens with zero attached hydrogens (tertiary/aromatic N) is 2. The van der Waals surface area contributed by atoms with Gasteiger partial charge >= 0.3 is 0 Å². The molecule has 0 saturated heterocycles. The van der Waals surface area contributed by atoms with Crippen LogP contribution in [0.5, 0.6) is 0 Å². The molecule has 0 spiro atoms. The molecule has 0 unspecified atom stereocenters. The minimum atomic E-state index is -0.682. The molecular formula is C14H22N4O2S. The summed E-state index contributed by atoms with van der Waals surface area (Å²) in [6.07, 6.45) is 6.30. The number of thiocarbonyl (C=S) groups is 1. The Morgan fingerprint density at radius 3 is 2.57 bits per heavy atom. The summed E-state index contributed by atoms with van der Waals surface area (Å²) >= 11 is 5.19. The van der Waals surface area contributed by atoms with Crippen molar-refractivity contribution in [3.05, 3.63) is 11.7 Å². The zero-order chi connectivity index (χ0) is 15.3. The number of nitrogens with two attached hydrogens (primary N) is 1. The monoisotopic (exact) mass is 310 g/mol. The van der Waals surface area contributed by atoms with Crippen LogP contribution in [-0.4, -0.2) is 27.6 Å². The summed E-state index contributed by atoms with van der Waals surface area (Å²) in [4.78, 5) is 17.0. The maximum absolute atomic E-state index is 12.6. The van der Waals surface area contributed by atoms with Gasteiger partial charge in [-0.05, 0) is 12.8 Å². The number of hydrogen-bond donors (Lipinski definition) is 2. The van der Waals surface area contributed by atoms with Crippen molar-refractivity contribution in [1.82, 2.24) is 15.5 Å². The second-order valence-electron chi connectivity index (χ2n) is 5.60. The summed E-state index contributed by atoms with van der Waals surface area (Å²) in [5, 5.41) is 6.74. The van der Waals surface area contributed by atoms with Gasteiger partial charge in [0.15, 0.2) is 5.82 Å². The maximum atomic E-state index is 12.6. The van der Waals surface area contributed by atoms with Crippen LogP contribution in [0.2, 0.25) is 0 Å². The van der Waals surface area contributed by atoms with Crippen LogP contribution in [0.1, 0.15) is 50.2 Å². The van der Waals surface area contributed by atoms with E-state index in [4.69, 9.17) is 22.5 Å². The highest BCUT2D eigenvalue weighted by molar-refractivity contribution is 7.80. The van der Waals surface area contributed by atoms with E-state index < -0.39 is 5.41 Å². The molecule has 0 bridgehead atoms. The van der Waals surface area contributed by atoms with E-state index in [0.717, 1.165) is 38.5 Å². The van der Waals surface area contributed by atoms with Crippen molar-refractivity contribution in [2.24, 2.45) is 11.1 Å². The van der Waals surface area contributed by atoms with Gasteiger partial charge in [-0.2, -0.15) is 4.98 Å². The van der Waals surface area contributed by atoms with Crippen molar-refractivity contribution >= 4 is 23.1 Å². The Morgan fingerprint density at radius 2 is 2.05 bits per heavy atom. The van der Waals surface area contributed by atoms with Gasteiger partial charge in [-0.15, -0.1) is 0 Å². The van der Waals surface area contributed by atoms with Crippen molar-refractivity contribution in [2.45, 2.75) is 51.9 Å². The van der Waals surface area contributed by atoms with E-state index in [0.29, 0.717) is 29.7 Å². The van der Waals surface area contributed by atoms with Gasteiger partial charge in [0.05, 0.1) is 10.4 Å². The number of amides is 1. The molecule has 1 aromatic rings. The van der Waals surface area contributed by atoms with Crippen LogP contribution in [0, 0.1) is 12.3 Å². The number of aryl methyl sites for hydroxylation is 1. The van der Waals surface area contributed by atoms with Crippen LogP contribution in [0.3, 0.4) is 0 Å². The fourth-order valence-electron chi connectivity index (χ4n) is 2.82. The first kappa shape index (κ1) is 15.9. The first-order chi connectivity index (χ1) is 10.0. The van der Waals surface area contributed by atoms with Crippen LogP contribution in [0.15, 0.2) is 4.52 Å². The van der Waals surface area contributed by atoms with Crippen molar-refractivity contribution in [3.63, 3.8) is 0 Å². The van der Waals surface area contributed by atoms with E-state index >= 15 is 0 Å². The molecule has 0 aromatic carbocycles. The molecule has 1 aliphatic rings. The minimum absolute atomic E-state index is 0.0582. The van der Waals surface area contributed by atoms with E-state index in [1.165, 1.54) is 0 Å². The SMILES string of the molecule is Cc1nc(CCNC(=O)C2(C(N)=S)CCCCCC2)no1. The topological polar surface area (TPSA) is 94.0 Å². The third-order valence-electron chi connectivity index (χ3n) is 4.07. The molecule has 1 amide bonds. The third-order valence-corrected chi connectivity index (χ3v) is 4.46. The number of carbonyl (C=O) groups is 1. The van der Waals surface area contributed by atoms with Crippen LogP contribution >= 0.6 is 12.2 Å². The predicted octanol–water partition coefficient (Wildman–Crippen LogP) is 1.66. The molecule has 1 fully saturated rings. The van der Waals surface area contributed by atoms with Gasteiger partial charge in [-0.1, -0.05) is 43.1 Å². The van der Waals surface area contributed by atoms with Crippen molar-refractivity contribution in [3.8, 4) is 0 Å². The minimum Gasteiger partial charge on any atom is -0.392 e. The molecule has 1 aliphatic carbocycles. The lowest BCUT2D eigenvalue weighted by Gasteiger charge is -2.30. The Labute approximate surface area is 129 Å². The van der Waals surface area contributed by atoms with Gasteiger partial charge in [-0.3, -0.25) is 4.79 Å². The standard InChI is InChI=1S/C14H22N4O2S/c1-10-17-11(18-20-10)6-9-16-13(19)14(12(15)21)7-4-2-3-5-8-14/h2-9H2,1H3,(H2,15,21)(H,16,19). The van der Waals surface area contributed by atoms with E-state index in [-0.39, 0.29) is 5.91 Å². The molecular weight excluding hydrogens is 288 g/mol. The summed E-state index contributed by atoms with van der Waals surface area (Å²) in [7, 11) is 0. The molecule has 1 heterocycles. The lowest BCUT2D eigenvalue weighted by atomic mass is 9.79. The fraction of sp³-hybridized carbons (Fsp3) is 0.714. The molecule has 1 aromatic heterocycles. The normalized spacial score (nSPS) is 18.0. The highest BCUT2D eigenvalue weighted by Crippen LogP contribution is 2.35. The molecule has 0 radical (unpaired) electrons. The van der Waals surface area contributed by atoms with Crippen molar-refractivity contribution in [1.29, 1.82) is 0 Å². The zero-order valence-electron chi connectivity index (χ0n) is 12.4. The Kier molecular flexibility index (Phi) is 5.27. The maximum Gasteiger partial charge on any atom is 0.233 e. The van der Waals surface area contributed by atoms with Crippen LogP contribution in [-0.2, 0) is 11.2 Å². The van der Waals surface area contributed by atoms with E-state index in [2.05, 4.69) is 15.5 Å². The molecule has 1 saturated carbocycles. The quantitative estimate of drug-likeness (QED) is 0.634. The first-order valence-electron chi connectivity index (χ1n) is 7.42. The van der Waals surface area contributed by atoms with E-state index in [9.17, 15) is 4.79 Å². The molecule has 3 N–H and O–H groups in total. The van der Waals surface area contributed by atoms with E-state index in [1.807, 2.05) is 0 Å². The van der Waals surface area contributed by atoms with Gasteiger partial charge in [0.1, 0.15) is 0 Å². The Morgan fingerprint density at radius 1 is 1.38 bits per heavy atom. The summed E-state index contributed by atoms with van der Waals surface area (Å²) in [5.41, 5.74) is 5.21. The third kappa shape index (κ3) is 3.78. The summed E-state index contributed by atoms with van der Waals surface area (Å²) < 4.78 is 4.90. The second-order valence-corrected chi connectivity index (χ2v) is 6.04. The molecule has 116 valence electrons. The average Bonchev–Trinajstić information content (AvgIpc) is 2.72. The molecule has 2 rings (SSSR count). The fourth-order valence-corrected chi connectivity index (χ4v) is 3.11. The molecule has 7 heteroatoms. The molecule has 0 atom stereocenters. The Balaban J connectivity index is 1.93. The number of aromatic nitrogens is 2. The number of nitrogens with one attached hydrogen (secondary N) is 1. The van der Waals surface area contributed by atoms with Crippen LogP contribution < -0.4 is 11.1 Å². The largest absolute Gasteiger partial charge is 0.392 e. The van der Waals surface area contributed by atoms with Crippen LogP contribution in [0.4, 0.5) is 0 Å². The summed E-state index contributed by atoms with van der Waals surface area (Å²) in [6.45, 7) is 2.20. The second kappa shape index (κ2) is 6.98. The highest BCUT2D eigenvalue weighted by Gasteiger charge is 2.41. The smallest absolute Gasteiger partial charge is 0.233 e. The van der Waals surface area contributed by atoms with Gasteiger partial charge in [-0.25, -0.2) is 0 Å². The number of hydrogen-bond acceptors (Lipinski definition) is 5. The Bertz CT molecular complexity index is 507. The average molecular weight is 310 g/mol. The number of rotatable bonds is 5. The Hall–Kier alpha value is -1.50. The lowest BCUT2D eigenvalue weighted by molar-refractivity contribution is -0.128. The molecule has 21 heavy (non-hydrogen) atoms. The first-order valence-corrected chi connectivity index (χ1v) is 7.83. The summed E-state index contributed by atoms with van der Waals surface area (Å²) in [6, 6.07) is 0. The van der Waals surface area contributed by atoms with Crippen molar-refractivity contribution in [2.75, 3.05) is 6.54 Å². The number of carbonyl (C=O) groups excluding carboxylic acids is 1. The van der Waals surface area contributed by atoms with Crippen molar-refractivity contribution < 1.29 is 9.32 Å². The van der Waals surface area contributed by atoms with Crippen LogP contribution in [0.25, 0.3) is 0 Å². The molecule has 6 nitrogen and oxygen atoms in total. The predicted molar refractivity (Wildman–Crippen MR) is 82.7 cm³/mol. The highest BCUT2D eigenvalue weighted by atomic mass is 32.1. The molecule has 0 aliphatic heterocycles. The lowest BCUT2D eigenvalue weighted by Crippen LogP contribution is -2.49. The zero-order valence-corrected chi connectivity index (χ0v) is 13.2. The van der Waals surface area contributed by atoms with E-state index in [1.54, 1.807) is 6.92 Å². The van der Waals surface area contributed by atoms with Gasteiger partial charge in [0.2, 0.25) is 11.8 Å². The summed E-state index contributed by atoms with van der Waals surface area (Å²) in [5.74, 6) is 1.06. The van der Waals surface area contributed by atoms with Gasteiger partial charge in [0, 0.05) is 19.9 Å². The van der Waals surface area contributed by atoms with Gasteiger partial charge < -0.3 is 15.6 Å².